The molecule has 0 unspecified atom stereocenters. The molecule has 0 spiro atoms. The van der Waals surface area contributed by atoms with Gasteiger partial charge in [0.1, 0.15) is 5.75 Å². The van der Waals surface area contributed by atoms with Gasteiger partial charge in [-0.25, -0.2) is 0 Å². The zero-order valence-corrected chi connectivity index (χ0v) is 12.6. The lowest BCUT2D eigenvalue weighted by Crippen LogP contribution is -2.50. The smallest absolute Gasteiger partial charge is 0.142 e. The van der Waals surface area contributed by atoms with Gasteiger partial charge in [0.25, 0.3) is 0 Å². The number of methoxy groups -OCH3 is 1. The van der Waals surface area contributed by atoms with Gasteiger partial charge in [-0.3, -0.25) is 4.90 Å². The lowest BCUT2D eigenvalue weighted by atomic mass is 9.94. The van der Waals surface area contributed by atoms with Crippen molar-refractivity contribution in [2.24, 2.45) is 0 Å². The van der Waals surface area contributed by atoms with Crippen LogP contribution in [0.3, 0.4) is 0 Å². The largest absolute Gasteiger partial charge is 0.495 e. The molecular weight excluding hydrogens is 248 g/mol. The van der Waals surface area contributed by atoms with Crippen LogP contribution in [-0.4, -0.2) is 44.2 Å². The minimum Gasteiger partial charge on any atom is -0.495 e. The molecule has 20 heavy (non-hydrogen) atoms. The second-order valence-corrected chi connectivity index (χ2v) is 5.99. The van der Waals surface area contributed by atoms with Crippen LogP contribution in [0.1, 0.15) is 32.1 Å². The molecular formula is C17H26N2O. The molecule has 1 aromatic carbocycles. The van der Waals surface area contributed by atoms with E-state index in [9.17, 15) is 0 Å². The highest BCUT2D eigenvalue weighted by Crippen LogP contribution is 2.30. The van der Waals surface area contributed by atoms with E-state index in [1.54, 1.807) is 7.11 Å². The highest BCUT2D eigenvalue weighted by molar-refractivity contribution is 5.58. The summed E-state index contributed by atoms with van der Waals surface area (Å²) >= 11 is 0. The van der Waals surface area contributed by atoms with Gasteiger partial charge in [0, 0.05) is 32.2 Å². The lowest BCUT2D eigenvalue weighted by Gasteiger charge is -2.41. The van der Waals surface area contributed by atoms with Crippen molar-refractivity contribution in [3.63, 3.8) is 0 Å². The van der Waals surface area contributed by atoms with Crippen LogP contribution in [0.15, 0.2) is 24.3 Å². The van der Waals surface area contributed by atoms with Gasteiger partial charge in [-0.15, -0.1) is 0 Å². The van der Waals surface area contributed by atoms with Gasteiger partial charge in [-0.1, -0.05) is 31.4 Å². The Morgan fingerprint density at radius 2 is 1.65 bits per heavy atom. The molecule has 1 aliphatic heterocycles. The second kappa shape index (κ2) is 6.49. The molecule has 1 heterocycles. The maximum absolute atomic E-state index is 5.49. The van der Waals surface area contributed by atoms with E-state index >= 15 is 0 Å². The van der Waals surface area contributed by atoms with E-state index in [-0.39, 0.29) is 0 Å². The highest BCUT2D eigenvalue weighted by atomic mass is 16.5. The van der Waals surface area contributed by atoms with Crippen LogP contribution in [0.2, 0.25) is 0 Å². The summed E-state index contributed by atoms with van der Waals surface area (Å²) in [5.74, 6) is 0.999. The van der Waals surface area contributed by atoms with E-state index in [2.05, 4.69) is 28.0 Å². The fraction of sp³-hybridized carbons (Fsp3) is 0.647. The number of hydrogen-bond donors (Lipinski definition) is 0. The van der Waals surface area contributed by atoms with Crippen LogP contribution in [0.25, 0.3) is 0 Å². The van der Waals surface area contributed by atoms with E-state index in [4.69, 9.17) is 4.74 Å². The molecule has 3 nitrogen and oxygen atoms in total. The minimum atomic E-state index is 0.851. The Morgan fingerprint density at radius 1 is 0.950 bits per heavy atom. The first-order valence-corrected chi connectivity index (χ1v) is 8.00. The average molecular weight is 274 g/mol. The monoisotopic (exact) mass is 274 g/mol. The molecule has 0 bridgehead atoms. The van der Waals surface area contributed by atoms with Gasteiger partial charge in [0.2, 0.25) is 0 Å². The number of benzene rings is 1. The molecule has 3 rings (SSSR count). The molecule has 0 amide bonds. The Kier molecular flexibility index (Phi) is 4.46. The van der Waals surface area contributed by atoms with E-state index in [1.165, 1.54) is 50.9 Å². The molecule has 1 aromatic rings. The summed E-state index contributed by atoms with van der Waals surface area (Å²) in [6.07, 6.45) is 7.12. The summed E-state index contributed by atoms with van der Waals surface area (Å²) < 4.78 is 5.49. The number of hydrogen-bond acceptors (Lipinski definition) is 3. The summed E-state index contributed by atoms with van der Waals surface area (Å²) in [4.78, 5) is 5.18. The van der Waals surface area contributed by atoms with Crippen molar-refractivity contribution < 1.29 is 4.74 Å². The molecule has 0 radical (unpaired) electrons. The van der Waals surface area contributed by atoms with Gasteiger partial charge in [-0.05, 0) is 25.0 Å². The summed E-state index contributed by atoms with van der Waals surface area (Å²) in [6, 6.07) is 9.23. The molecule has 110 valence electrons. The fourth-order valence-electron chi connectivity index (χ4n) is 3.67. The fourth-order valence-corrected chi connectivity index (χ4v) is 3.67. The normalized spacial score (nSPS) is 21.9. The van der Waals surface area contributed by atoms with Crippen molar-refractivity contribution >= 4 is 5.69 Å². The Bertz CT molecular complexity index is 421. The third-order valence-electron chi connectivity index (χ3n) is 4.83. The van der Waals surface area contributed by atoms with Crippen molar-refractivity contribution in [3.8, 4) is 5.75 Å². The molecule has 0 N–H and O–H groups in total. The van der Waals surface area contributed by atoms with Crippen molar-refractivity contribution in [1.82, 2.24) is 4.90 Å². The van der Waals surface area contributed by atoms with Crippen LogP contribution < -0.4 is 9.64 Å². The first kappa shape index (κ1) is 13.7. The third kappa shape index (κ3) is 2.93. The average Bonchev–Trinajstić information content (AvgIpc) is 2.56. The summed E-state index contributed by atoms with van der Waals surface area (Å²) in [6.45, 7) is 4.64. The third-order valence-corrected chi connectivity index (χ3v) is 4.83. The van der Waals surface area contributed by atoms with Crippen LogP contribution >= 0.6 is 0 Å². The summed E-state index contributed by atoms with van der Waals surface area (Å²) in [7, 11) is 1.76. The number of ether oxygens (including phenoxy) is 1. The highest BCUT2D eigenvalue weighted by Gasteiger charge is 2.25. The zero-order chi connectivity index (χ0) is 13.8. The van der Waals surface area contributed by atoms with Gasteiger partial charge in [0.15, 0.2) is 0 Å². The maximum Gasteiger partial charge on any atom is 0.142 e. The van der Waals surface area contributed by atoms with Gasteiger partial charge >= 0.3 is 0 Å². The minimum absolute atomic E-state index is 0.851. The summed E-state index contributed by atoms with van der Waals surface area (Å²) in [5, 5.41) is 0. The van der Waals surface area contributed by atoms with Gasteiger partial charge < -0.3 is 9.64 Å². The first-order chi connectivity index (χ1) is 9.88. The van der Waals surface area contributed by atoms with Crippen LogP contribution in [0, 0.1) is 0 Å². The second-order valence-electron chi connectivity index (χ2n) is 5.99. The lowest BCUT2D eigenvalue weighted by molar-refractivity contribution is 0.148. The van der Waals surface area contributed by atoms with Crippen molar-refractivity contribution in [1.29, 1.82) is 0 Å². The van der Waals surface area contributed by atoms with Crippen molar-refractivity contribution in [3.05, 3.63) is 24.3 Å². The van der Waals surface area contributed by atoms with Crippen LogP contribution in [0.5, 0.6) is 5.75 Å². The zero-order valence-electron chi connectivity index (χ0n) is 12.6. The molecule has 0 aromatic heterocycles. The topological polar surface area (TPSA) is 15.7 Å². The molecule has 1 aliphatic carbocycles. The maximum atomic E-state index is 5.49. The van der Waals surface area contributed by atoms with Crippen LogP contribution in [0.4, 0.5) is 5.69 Å². The number of rotatable bonds is 3. The Morgan fingerprint density at radius 3 is 2.35 bits per heavy atom. The number of piperazine rings is 1. The van der Waals surface area contributed by atoms with E-state index in [0.29, 0.717) is 0 Å². The standard InChI is InChI=1S/C17H26N2O/c1-20-17-10-6-5-9-16(17)19-13-11-18(12-14-19)15-7-3-2-4-8-15/h5-6,9-10,15H,2-4,7-8,11-14H2,1H3. The predicted octanol–water partition coefficient (Wildman–Crippen LogP) is 3.15. The molecule has 1 saturated carbocycles. The molecule has 0 atom stereocenters. The quantitative estimate of drug-likeness (QED) is 0.842. The molecule has 2 aliphatic rings. The molecule has 3 heteroatoms. The number of nitrogens with zero attached hydrogens (tertiary/aromatic N) is 2. The van der Waals surface area contributed by atoms with E-state index < -0.39 is 0 Å². The number of para-hydroxylation sites is 2. The SMILES string of the molecule is COc1ccccc1N1CCN(C2CCCCC2)CC1. The molecule has 1 saturated heterocycles. The van der Waals surface area contributed by atoms with Crippen molar-refractivity contribution in [2.75, 3.05) is 38.2 Å². The van der Waals surface area contributed by atoms with E-state index in [1.807, 2.05) is 6.07 Å². The van der Waals surface area contributed by atoms with Gasteiger partial charge in [-0.2, -0.15) is 0 Å². The number of anilines is 1. The van der Waals surface area contributed by atoms with Gasteiger partial charge in [0.05, 0.1) is 12.8 Å². The first-order valence-electron chi connectivity index (χ1n) is 8.00. The Hall–Kier alpha value is -1.22. The van der Waals surface area contributed by atoms with Crippen LogP contribution in [-0.2, 0) is 0 Å². The molecule has 2 fully saturated rings. The predicted molar refractivity (Wildman–Crippen MR) is 83.7 cm³/mol. The Balaban J connectivity index is 1.60. The van der Waals surface area contributed by atoms with Crippen molar-refractivity contribution in [2.45, 2.75) is 38.1 Å². The summed E-state index contributed by atoms with van der Waals surface area (Å²) in [5.41, 5.74) is 1.25. The van der Waals surface area contributed by atoms with E-state index in [0.717, 1.165) is 24.9 Å². The Labute approximate surface area is 122 Å².